The molecule has 0 spiro atoms. The molecule has 9 amide bonds. The number of phenolic OH excluding ortho intramolecular Hbond substituents is 3. The molecule has 0 aromatic heterocycles. The van der Waals surface area contributed by atoms with Gasteiger partial charge in [-0.1, -0.05) is 94.3 Å². The van der Waals surface area contributed by atoms with Crippen LogP contribution in [0.25, 0.3) is 11.1 Å². The smallest absolute Gasteiger partial charge is 0.410 e. The van der Waals surface area contributed by atoms with Crippen molar-refractivity contribution >= 4 is 88.3 Å². The maximum Gasteiger partial charge on any atom is 0.410 e. The van der Waals surface area contributed by atoms with Crippen molar-refractivity contribution in [3.63, 3.8) is 0 Å². The first-order valence-electron chi connectivity index (χ1n) is 43.0. The van der Waals surface area contributed by atoms with Crippen molar-refractivity contribution in [2.45, 2.75) is 255 Å². The number of aliphatic hydroxyl groups excluding tert-OH is 5. The number of phenols is 3. The van der Waals surface area contributed by atoms with Crippen molar-refractivity contribution in [3.05, 3.63) is 117 Å². The van der Waals surface area contributed by atoms with E-state index in [-0.39, 0.29) is 87.9 Å². The predicted molar refractivity (Wildman–Crippen MR) is 456 cm³/mol. The van der Waals surface area contributed by atoms with E-state index in [1.807, 2.05) is 0 Å². The second-order valence-electron chi connectivity index (χ2n) is 36.8. The summed E-state index contributed by atoms with van der Waals surface area (Å²) in [6.07, 6.45) is -10.1. The Bertz CT molecular complexity index is 4930. The molecule has 6 heterocycles. The van der Waals surface area contributed by atoms with Crippen LogP contribution >= 0.6 is 23.2 Å². The number of aliphatic hydroxyl groups is 5. The van der Waals surface area contributed by atoms with Crippen molar-refractivity contribution in [3.8, 4) is 57.1 Å². The van der Waals surface area contributed by atoms with Crippen LogP contribution in [0.4, 0.5) is 14.4 Å². The number of nitrogens with zero attached hydrogens (tertiary/aromatic N) is 1. The normalized spacial score (nSPS) is 26.8. The van der Waals surface area contributed by atoms with Gasteiger partial charge in [0.15, 0.2) is 28.8 Å². The monoisotopic (exact) mass is 1790 g/mol. The minimum Gasteiger partial charge on any atom is -0.508 e. The average Bonchev–Trinajstić information content (AvgIpc) is 0.757. The molecule has 5 fully saturated rings. The lowest BCUT2D eigenvalue weighted by atomic mass is 9.51. The third kappa shape index (κ3) is 22.6. The molecule has 5 aromatic carbocycles. The average molecular weight is 1790 g/mol. The van der Waals surface area contributed by atoms with E-state index in [4.69, 9.17) is 51.6 Å². The van der Waals surface area contributed by atoms with Crippen LogP contribution in [0.1, 0.15) is 223 Å². The Kier molecular flexibility index (Phi) is 30.0. The molecule has 10 aliphatic rings. The van der Waals surface area contributed by atoms with Gasteiger partial charge >= 0.3 is 18.2 Å². The number of benzene rings is 5. The van der Waals surface area contributed by atoms with Gasteiger partial charge in [-0.3, -0.25) is 48.6 Å². The van der Waals surface area contributed by atoms with E-state index in [9.17, 15) is 60.0 Å². The number of imide groups is 1. The van der Waals surface area contributed by atoms with Gasteiger partial charge in [0.05, 0.1) is 21.9 Å². The maximum atomic E-state index is 16.7. The summed E-state index contributed by atoms with van der Waals surface area (Å²) in [5.74, 6) is -16.6. The molecule has 15 rings (SSSR count). The third-order valence-electron chi connectivity index (χ3n) is 24.4. The van der Waals surface area contributed by atoms with Gasteiger partial charge in [-0.15, -0.1) is 0 Å². The Morgan fingerprint density at radius 3 is 1.84 bits per heavy atom. The fraction of sp³-hybridized carbons (Fsp3) is 0.549. The Morgan fingerprint density at radius 1 is 0.619 bits per heavy atom. The number of urea groups is 1. The molecule has 1 saturated heterocycles. The number of unbranched alkanes of at least 4 members (excludes halogenated alkanes) is 5. The van der Waals surface area contributed by atoms with Crippen molar-refractivity contribution in [2.24, 2.45) is 41.4 Å². The number of nitrogens with one attached hydrogen (secondary N) is 7. The summed E-state index contributed by atoms with van der Waals surface area (Å²) in [5.41, 5.74) is -3.93. The number of ketones is 3. The van der Waals surface area contributed by atoms with Crippen molar-refractivity contribution in [1.29, 1.82) is 0 Å². The second-order valence-corrected chi connectivity index (χ2v) is 37.6. The summed E-state index contributed by atoms with van der Waals surface area (Å²) >= 11 is 14.5. The molecule has 14 atom stereocenters. The third-order valence-corrected chi connectivity index (χ3v) is 25.0. The number of hydrogen-bond acceptors (Lipinski definition) is 25. The number of alkyl carbamates (subject to hydrolysis) is 1. The summed E-state index contributed by atoms with van der Waals surface area (Å²) in [6, 6.07) is 4.05. The Morgan fingerprint density at radius 2 is 1.23 bits per heavy atom. The number of likely N-dealkylation sites (N-methyl/N-ethyl adjacent to an activating group) is 1. The van der Waals surface area contributed by atoms with Crippen LogP contribution < -0.4 is 51.4 Å². The lowest BCUT2D eigenvalue weighted by Crippen LogP contribution is -2.61. The highest BCUT2D eigenvalue weighted by atomic mass is 35.5. The van der Waals surface area contributed by atoms with E-state index in [1.165, 1.54) is 43.4 Å². The summed E-state index contributed by atoms with van der Waals surface area (Å²) in [6.45, 7) is 14.6. The van der Waals surface area contributed by atoms with E-state index in [0.717, 1.165) is 112 Å². The van der Waals surface area contributed by atoms with E-state index in [0.29, 0.717) is 18.3 Å². The predicted octanol–water partition coefficient (Wildman–Crippen LogP) is 10.7. The number of halogens is 2. The summed E-state index contributed by atoms with van der Waals surface area (Å²) in [5, 5.41) is 114. The fourth-order valence-electron chi connectivity index (χ4n) is 18.4. The number of rotatable bonds is 21. The van der Waals surface area contributed by atoms with E-state index >= 15 is 33.6 Å². The second kappa shape index (κ2) is 39.9. The summed E-state index contributed by atoms with van der Waals surface area (Å²) < 4.78 is 37.3. The van der Waals surface area contributed by atoms with E-state index < -0.39 is 237 Å². The van der Waals surface area contributed by atoms with Crippen LogP contribution in [0.15, 0.2) is 78.9 Å². The van der Waals surface area contributed by atoms with Gasteiger partial charge in [-0.2, -0.15) is 0 Å². The van der Waals surface area contributed by atoms with Crippen LogP contribution in [-0.4, -0.2) is 191 Å². The van der Waals surface area contributed by atoms with E-state index in [1.54, 1.807) is 55.4 Å². The number of fused-ring (bicyclic) bond motifs is 15. The molecule has 682 valence electrons. The number of Topliss-reactive ketones (excluding diaryl/α,β-unsaturated/α-hetero) is 3. The van der Waals surface area contributed by atoms with Crippen LogP contribution in [0.2, 0.25) is 10.0 Å². The van der Waals surface area contributed by atoms with Gasteiger partial charge in [0, 0.05) is 63.0 Å². The first-order valence-corrected chi connectivity index (χ1v) is 43.8. The molecule has 5 unspecified atom stereocenters. The topological polar surface area (TPSA) is 492 Å². The highest BCUT2D eigenvalue weighted by molar-refractivity contribution is 6.32. The van der Waals surface area contributed by atoms with Gasteiger partial charge in [0.25, 0.3) is 0 Å². The number of carbonyl (C=O) groups is 11. The first-order chi connectivity index (χ1) is 59.5. The molecule has 15 bridgehead atoms. The molecule has 4 aliphatic carbocycles. The number of hydrogen-bond donors (Lipinski definition) is 15. The maximum absolute atomic E-state index is 16.7. The van der Waals surface area contributed by atoms with E-state index in [2.05, 4.69) is 44.1 Å². The fourth-order valence-corrected chi connectivity index (χ4v) is 18.8. The quantitative estimate of drug-likeness (QED) is 0.0303. The standard InChI is InChI=1S/C91H114Cl2N8O25/c1-11-12-13-14-15-16-23-94-87(118)96-70(108)36-51-33-62(105)74(99-84(116)59(24-42(2)3)101(10)89(120)126-91(7,8)9)76(109)46-18-21-65(57(92)31-46)121-67-34-50-35-68(81(67)124-86-80(113)79(112)78(111)69(123-86)41-95-88(119)125-90(4,5)6)122-66-22-19-47(32-58(66)93)77(110)75-85(117)98-73(64(107)39-53-48-26-43-25-44(28-48)29-49(53)27-43)56-37-52(102)38-61(104)71(56)55-30-45(17-20-60(55)103)54(83(115)100-75)40-63(106)72(50)97-82(51)114/h17-22,30-32,34-35,37-38,42-44,48-49,51,53-54,59,69,72-80,86,102-104,109-113H,11-16,23-29,33,36,39-41H2,1-10H3,(H,95,119)(H,97,114)(H,98,117)(H,99,116)(H,100,115)(H2,94,96,108,118)/t43?,44?,48?,49?,51-,53?,54+,59+,69?,72+,73-,74-,75-,76+,77+,78?,79?,80?,86?/m0/s1. The van der Waals surface area contributed by atoms with Crippen molar-refractivity contribution < 1.29 is 122 Å². The number of aromatic hydroxyl groups is 3. The zero-order valence-electron chi connectivity index (χ0n) is 72.0. The molecule has 15 N–H and O–H groups in total. The lowest BCUT2D eigenvalue weighted by molar-refractivity contribution is -0.270. The SMILES string of the molecule is CCCCCCCCNC(=O)NC(=O)C[C@@H]1CC(=O)[C@H](NC(=O)[C@@H](CC(C)C)N(C)C(=O)OC(C)(C)C)[C@H](O)c2ccc(c(Cl)c2)Oc2cc3cc(c2OC2OC(CNC(=O)OC(C)(C)C)C(O)C(O)C2O)Oc2ccc(cc2Cl)[C@@H](O)[C@@H]2NC(=O)[C@H](CC(=O)[C@@H]3NC1=O)c1ccc(O)c(c1)-c1c(O)cc(O)cc1[C@@H](C(=O)CC1C3CC4CC(C3)CC1C4)NC2=O. The Labute approximate surface area is 739 Å². The van der Waals surface area contributed by atoms with Crippen molar-refractivity contribution in [2.75, 3.05) is 20.1 Å². The molecule has 35 heteroatoms. The van der Waals surface area contributed by atoms with Gasteiger partial charge in [0.2, 0.25) is 41.6 Å². The molecule has 4 saturated carbocycles. The summed E-state index contributed by atoms with van der Waals surface area (Å²) in [7, 11) is 1.29. The first kappa shape index (κ1) is 94.7. The number of carbonyl (C=O) groups excluding carboxylic acids is 11. The highest BCUT2D eigenvalue weighted by Gasteiger charge is 2.52. The molecular weight excluding hydrogens is 1680 g/mol. The molecule has 33 nitrogen and oxygen atoms in total. The van der Waals surface area contributed by atoms with Crippen LogP contribution in [0.5, 0.6) is 46.0 Å². The van der Waals surface area contributed by atoms with Crippen LogP contribution in [0, 0.1) is 41.4 Å². The van der Waals surface area contributed by atoms with Crippen molar-refractivity contribution in [1.82, 2.24) is 42.1 Å². The molecule has 0 radical (unpaired) electrons. The van der Waals surface area contributed by atoms with Crippen LogP contribution in [-0.2, 0) is 52.6 Å². The number of ether oxygens (including phenoxy) is 6. The summed E-state index contributed by atoms with van der Waals surface area (Å²) in [4.78, 5) is 168. The van der Waals surface area contributed by atoms with Crippen LogP contribution in [0.3, 0.4) is 0 Å². The van der Waals surface area contributed by atoms with Gasteiger partial charge in [0.1, 0.15) is 107 Å². The molecule has 5 aromatic rings. The minimum atomic E-state index is -2.28. The largest absolute Gasteiger partial charge is 0.508 e. The Balaban J connectivity index is 1.05. The Hall–Kier alpha value is -10.4. The molecular formula is C91H114Cl2N8O25. The lowest BCUT2D eigenvalue weighted by Gasteiger charge is -2.54. The molecule has 6 aliphatic heterocycles. The highest BCUT2D eigenvalue weighted by Crippen LogP contribution is 2.58. The van der Waals surface area contributed by atoms with Gasteiger partial charge in [-0.05, 0) is 204 Å². The zero-order valence-corrected chi connectivity index (χ0v) is 73.5. The van der Waals surface area contributed by atoms with Gasteiger partial charge < -0.3 is 101 Å². The minimum absolute atomic E-state index is 0.0582. The molecule has 126 heavy (non-hydrogen) atoms. The van der Waals surface area contributed by atoms with Gasteiger partial charge in [-0.25, -0.2) is 14.4 Å². The zero-order chi connectivity index (χ0) is 91.4. The number of amides is 9.